The Labute approximate surface area is 149 Å². The van der Waals surface area contributed by atoms with Gasteiger partial charge in [0, 0.05) is 12.5 Å². The molecule has 2 rings (SSSR count). The molecule has 2 aromatic rings. The Bertz CT molecular complexity index is 774. The van der Waals surface area contributed by atoms with E-state index in [1.54, 1.807) is 19.1 Å². The molecule has 1 atom stereocenters. The predicted octanol–water partition coefficient (Wildman–Crippen LogP) is 4.35. The quantitative estimate of drug-likeness (QED) is 0.769. The van der Waals surface area contributed by atoms with E-state index < -0.39 is 23.5 Å². The number of hydrogen-bond acceptors (Lipinski definition) is 2. The zero-order valence-electron chi connectivity index (χ0n) is 14.4. The van der Waals surface area contributed by atoms with Gasteiger partial charge in [-0.25, -0.2) is 4.39 Å². The third-order valence-corrected chi connectivity index (χ3v) is 3.93. The number of nitrogens with one attached hydrogen (secondary N) is 1. The van der Waals surface area contributed by atoms with Crippen LogP contribution in [0.3, 0.4) is 0 Å². The molecule has 0 heterocycles. The first-order valence-corrected chi connectivity index (χ1v) is 7.97. The second-order valence-electron chi connectivity index (χ2n) is 5.99. The molecule has 0 saturated heterocycles. The maximum atomic E-state index is 13.6. The van der Waals surface area contributed by atoms with Gasteiger partial charge < -0.3 is 10.1 Å². The zero-order chi connectivity index (χ0) is 19.3. The lowest BCUT2D eigenvalue weighted by atomic mass is 9.98. The van der Waals surface area contributed by atoms with Crippen LogP contribution in [0.4, 0.5) is 17.6 Å². The zero-order valence-corrected chi connectivity index (χ0v) is 14.4. The minimum Gasteiger partial charge on any atom is -0.494 e. The molecular formula is C19H19F4NO2. The fourth-order valence-electron chi connectivity index (χ4n) is 2.50. The average Bonchev–Trinajstić information content (AvgIpc) is 2.59. The van der Waals surface area contributed by atoms with Crippen molar-refractivity contribution in [2.45, 2.75) is 26.1 Å². The van der Waals surface area contributed by atoms with Gasteiger partial charge in [-0.05, 0) is 35.7 Å². The highest BCUT2D eigenvalue weighted by atomic mass is 19.4. The average molecular weight is 369 g/mol. The van der Waals surface area contributed by atoms with E-state index in [9.17, 15) is 22.4 Å². The molecule has 2 aromatic carbocycles. The molecule has 1 unspecified atom stereocenters. The van der Waals surface area contributed by atoms with Crippen LogP contribution >= 0.6 is 0 Å². The molecule has 0 aliphatic heterocycles. The summed E-state index contributed by atoms with van der Waals surface area (Å²) in [6.45, 7) is 1.75. The fourth-order valence-corrected chi connectivity index (χ4v) is 2.50. The number of hydrogen-bond donors (Lipinski definition) is 1. The van der Waals surface area contributed by atoms with Gasteiger partial charge in [0.1, 0.15) is 0 Å². The van der Waals surface area contributed by atoms with Crippen molar-refractivity contribution in [1.29, 1.82) is 0 Å². The van der Waals surface area contributed by atoms with E-state index in [1.165, 1.54) is 25.3 Å². The monoisotopic (exact) mass is 369 g/mol. The van der Waals surface area contributed by atoms with Crippen LogP contribution in [0.1, 0.15) is 23.6 Å². The summed E-state index contributed by atoms with van der Waals surface area (Å²) >= 11 is 0. The van der Waals surface area contributed by atoms with Crippen molar-refractivity contribution >= 4 is 5.91 Å². The second kappa shape index (κ2) is 8.21. The van der Waals surface area contributed by atoms with Gasteiger partial charge in [-0.3, -0.25) is 4.79 Å². The molecule has 3 nitrogen and oxygen atoms in total. The largest absolute Gasteiger partial charge is 0.494 e. The first-order chi connectivity index (χ1) is 12.2. The van der Waals surface area contributed by atoms with Crippen LogP contribution in [0.25, 0.3) is 0 Å². The van der Waals surface area contributed by atoms with E-state index in [0.717, 1.165) is 12.1 Å². The SMILES string of the molecule is COc1ccc(CNC(=O)C(C)Cc2cccc(C(F)(F)F)c2)cc1F. The fraction of sp³-hybridized carbons (Fsp3) is 0.316. The molecule has 0 aliphatic rings. The highest BCUT2D eigenvalue weighted by Crippen LogP contribution is 2.30. The van der Waals surface area contributed by atoms with Crippen molar-refractivity contribution in [1.82, 2.24) is 5.32 Å². The molecular weight excluding hydrogens is 350 g/mol. The van der Waals surface area contributed by atoms with Crippen LogP contribution < -0.4 is 10.1 Å². The van der Waals surface area contributed by atoms with Crippen LogP contribution in [0.2, 0.25) is 0 Å². The van der Waals surface area contributed by atoms with E-state index in [-0.39, 0.29) is 24.6 Å². The molecule has 0 aliphatic carbocycles. The Hall–Kier alpha value is -2.57. The highest BCUT2D eigenvalue weighted by molar-refractivity contribution is 5.78. The molecule has 0 radical (unpaired) electrons. The third-order valence-electron chi connectivity index (χ3n) is 3.93. The summed E-state index contributed by atoms with van der Waals surface area (Å²) in [6, 6.07) is 9.26. The van der Waals surface area contributed by atoms with Crippen molar-refractivity contribution in [3.8, 4) is 5.75 Å². The van der Waals surface area contributed by atoms with Crippen LogP contribution in [0.15, 0.2) is 42.5 Å². The molecule has 7 heteroatoms. The smallest absolute Gasteiger partial charge is 0.416 e. The molecule has 0 aromatic heterocycles. The topological polar surface area (TPSA) is 38.3 Å². The van der Waals surface area contributed by atoms with Gasteiger partial charge >= 0.3 is 6.18 Å². The lowest BCUT2D eigenvalue weighted by molar-refractivity contribution is -0.137. The first-order valence-electron chi connectivity index (χ1n) is 7.97. The molecule has 0 spiro atoms. The maximum Gasteiger partial charge on any atom is 0.416 e. The summed E-state index contributed by atoms with van der Waals surface area (Å²) in [7, 11) is 1.36. The standard InChI is InChI=1S/C19H19F4NO2/c1-12(8-13-4-3-5-15(9-13)19(21,22)23)18(25)24-11-14-6-7-17(26-2)16(20)10-14/h3-7,9-10,12H,8,11H2,1-2H3,(H,24,25). The number of alkyl halides is 3. The molecule has 0 saturated carbocycles. The predicted molar refractivity (Wildman–Crippen MR) is 89.1 cm³/mol. The van der Waals surface area contributed by atoms with Crippen molar-refractivity contribution in [2.75, 3.05) is 7.11 Å². The van der Waals surface area contributed by atoms with Gasteiger partial charge in [-0.15, -0.1) is 0 Å². The highest BCUT2D eigenvalue weighted by Gasteiger charge is 2.30. The van der Waals surface area contributed by atoms with Crippen molar-refractivity contribution in [3.63, 3.8) is 0 Å². The lowest BCUT2D eigenvalue weighted by Crippen LogP contribution is -2.30. The molecule has 0 bridgehead atoms. The van der Waals surface area contributed by atoms with Crippen LogP contribution in [-0.4, -0.2) is 13.0 Å². The normalized spacial score (nSPS) is 12.5. The minimum atomic E-state index is -4.42. The van der Waals surface area contributed by atoms with Gasteiger partial charge in [0.2, 0.25) is 5.91 Å². The summed E-state index contributed by atoms with van der Waals surface area (Å²) in [5.74, 6) is -1.27. The number of amides is 1. The Morgan fingerprint density at radius 3 is 2.50 bits per heavy atom. The number of carbonyl (C=O) groups is 1. The number of ether oxygens (including phenoxy) is 1. The Kier molecular flexibility index (Phi) is 6.23. The van der Waals surface area contributed by atoms with Gasteiger partial charge in [-0.1, -0.05) is 31.2 Å². The van der Waals surface area contributed by atoms with E-state index in [2.05, 4.69) is 5.32 Å². The van der Waals surface area contributed by atoms with Gasteiger partial charge in [0.05, 0.1) is 12.7 Å². The van der Waals surface area contributed by atoms with E-state index in [0.29, 0.717) is 11.1 Å². The number of methoxy groups -OCH3 is 1. The Balaban J connectivity index is 1.94. The Morgan fingerprint density at radius 2 is 1.88 bits per heavy atom. The van der Waals surface area contributed by atoms with Crippen LogP contribution in [0, 0.1) is 11.7 Å². The number of halogens is 4. The second-order valence-corrected chi connectivity index (χ2v) is 5.99. The van der Waals surface area contributed by atoms with Gasteiger partial charge in [0.15, 0.2) is 11.6 Å². The molecule has 1 amide bonds. The molecule has 1 N–H and O–H groups in total. The first kappa shape index (κ1) is 19.8. The summed E-state index contributed by atoms with van der Waals surface area (Å²) in [4.78, 5) is 12.2. The van der Waals surface area contributed by atoms with Crippen LogP contribution in [0.5, 0.6) is 5.75 Å². The maximum absolute atomic E-state index is 13.6. The summed E-state index contributed by atoms with van der Waals surface area (Å²) in [5, 5.41) is 2.66. The summed E-state index contributed by atoms with van der Waals surface area (Å²) < 4.78 is 56.7. The number of carbonyl (C=O) groups excluding carboxylic acids is 1. The van der Waals surface area contributed by atoms with Crippen molar-refractivity contribution in [2.24, 2.45) is 5.92 Å². The van der Waals surface area contributed by atoms with Crippen molar-refractivity contribution < 1.29 is 27.1 Å². The molecule has 140 valence electrons. The Morgan fingerprint density at radius 1 is 1.15 bits per heavy atom. The van der Waals surface area contributed by atoms with E-state index in [4.69, 9.17) is 4.74 Å². The number of benzene rings is 2. The third kappa shape index (κ3) is 5.21. The lowest BCUT2D eigenvalue weighted by Gasteiger charge is -2.14. The van der Waals surface area contributed by atoms with Crippen molar-refractivity contribution in [3.05, 3.63) is 65.0 Å². The van der Waals surface area contributed by atoms with Gasteiger partial charge in [-0.2, -0.15) is 13.2 Å². The van der Waals surface area contributed by atoms with Crippen LogP contribution in [-0.2, 0) is 23.9 Å². The van der Waals surface area contributed by atoms with Gasteiger partial charge in [0.25, 0.3) is 0 Å². The van der Waals surface area contributed by atoms with E-state index >= 15 is 0 Å². The summed E-state index contributed by atoms with van der Waals surface area (Å²) in [6.07, 6.45) is -4.24. The molecule has 26 heavy (non-hydrogen) atoms. The summed E-state index contributed by atoms with van der Waals surface area (Å²) in [5.41, 5.74) is 0.247. The number of rotatable bonds is 6. The minimum absolute atomic E-state index is 0.109. The van der Waals surface area contributed by atoms with E-state index in [1.807, 2.05) is 0 Å². The molecule has 0 fully saturated rings.